The molecule has 100 valence electrons. The van der Waals surface area contributed by atoms with Crippen LogP contribution in [0, 0.1) is 0 Å². The van der Waals surface area contributed by atoms with E-state index in [0.717, 1.165) is 17.7 Å². The molecule has 2 N–H and O–H groups in total. The van der Waals surface area contributed by atoms with Gasteiger partial charge in [-0.15, -0.1) is 11.8 Å². The van der Waals surface area contributed by atoms with Crippen LogP contribution in [-0.2, 0) is 6.42 Å². The van der Waals surface area contributed by atoms with Gasteiger partial charge in [0.1, 0.15) is 0 Å². The summed E-state index contributed by atoms with van der Waals surface area (Å²) in [6.07, 6.45) is 0.802. The third-order valence-electron chi connectivity index (χ3n) is 2.69. The van der Waals surface area contributed by atoms with Crippen molar-refractivity contribution in [2.45, 2.75) is 17.4 Å². The van der Waals surface area contributed by atoms with Gasteiger partial charge in [-0.3, -0.25) is 0 Å². The molecule has 1 atom stereocenters. The maximum Gasteiger partial charge on any atom is 0.0595 e. The Labute approximate surface area is 128 Å². The van der Waals surface area contributed by atoms with Crippen LogP contribution in [0.5, 0.6) is 0 Å². The smallest absolute Gasteiger partial charge is 0.0595 e. The molecule has 0 spiro atoms. The Morgan fingerprint density at radius 3 is 2.42 bits per heavy atom. The van der Waals surface area contributed by atoms with Crippen LogP contribution in [0.2, 0.25) is 10.0 Å². The fourth-order valence-electron chi connectivity index (χ4n) is 1.75. The molecule has 2 aromatic rings. The molecule has 1 unspecified atom stereocenters. The lowest BCUT2D eigenvalue weighted by Gasteiger charge is -2.12. The van der Waals surface area contributed by atoms with E-state index in [-0.39, 0.29) is 6.04 Å². The number of rotatable bonds is 5. The van der Waals surface area contributed by atoms with E-state index >= 15 is 0 Å². The maximum atomic E-state index is 6.14. The molecule has 0 aliphatic carbocycles. The number of halogens is 2. The van der Waals surface area contributed by atoms with Gasteiger partial charge < -0.3 is 5.73 Å². The Bertz CT molecular complexity index is 531. The molecule has 0 aromatic heterocycles. The van der Waals surface area contributed by atoms with Crippen LogP contribution in [0.15, 0.2) is 53.4 Å². The lowest BCUT2D eigenvalue weighted by molar-refractivity contribution is 0.749. The summed E-state index contributed by atoms with van der Waals surface area (Å²) >= 11 is 13.7. The molecule has 0 bridgehead atoms. The summed E-state index contributed by atoms with van der Waals surface area (Å²) in [7, 11) is 0. The first-order valence-corrected chi connectivity index (χ1v) is 7.76. The Hall–Kier alpha value is -0.670. The molecule has 0 amide bonds. The summed E-state index contributed by atoms with van der Waals surface area (Å²) in [5, 5.41) is 1.17. The maximum absolute atomic E-state index is 6.14. The molecule has 0 radical (unpaired) electrons. The van der Waals surface area contributed by atoms with E-state index in [1.165, 1.54) is 4.90 Å². The van der Waals surface area contributed by atoms with Gasteiger partial charge in [-0.25, -0.2) is 0 Å². The van der Waals surface area contributed by atoms with Gasteiger partial charge in [0.25, 0.3) is 0 Å². The van der Waals surface area contributed by atoms with E-state index in [0.29, 0.717) is 10.0 Å². The average molecular weight is 312 g/mol. The van der Waals surface area contributed by atoms with E-state index < -0.39 is 0 Å². The second-order valence-electron chi connectivity index (χ2n) is 4.34. The summed E-state index contributed by atoms with van der Waals surface area (Å²) < 4.78 is 0. The lowest BCUT2D eigenvalue weighted by Crippen LogP contribution is -2.25. The second-order valence-corrected chi connectivity index (χ2v) is 6.24. The largest absolute Gasteiger partial charge is 0.327 e. The van der Waals surface area contributed by atoms with E-state index in [1.54, 1.807) is 11.8 Å². The first-order chi connectivity index (χ1) is 9.15. The zero-order chi connectivity index (χ0) is 13.7. The number of nitrogens with two attached hydrogens (primary N) is 1. The van der Waals surface area contributed by atoms with E-state index in [2.05, 4.69) is 12.1 Å². The SMILES string of the molecule is NC(CSc1ccccc1)Cc1ccc(Cl)c(Cl)c1. The molecule has 0 fully saturated rings. The molecule has 1 nitrogen and oxygen atoms in total. The molecule has 19 heavy (non-hydrogen) atoms. The molecular weight excluding hydrogens is 297 g/mol. The predicted molar refractivity (Wildman–Crippen MR) is 85.3 cm³/mol. The summed E-state index contributed by atoms with van der Waals surface area (Å²) in [5.41, 5.74) is 7.27. The average Bonchev–Trinajstić information content (AvgIpc) is 2.42. The first-order valence-electron chi connectivity index (χ1n) is 6.02. The fraction of sp³-hybridized carbons (Fsp3) is 0.200. The highest BCUT2D eigenvalue weighted by Gasteiger charge is 2.07. The molecule has 0 aliphatic rings. The minimum atomic E-state index is 0.0995. The highest BCUT2D eigenvalue weighted by molar-refractivity contribution is 7.99. The molecule has 2 rings (SSSR count). The molecule has 2 aromatic carbocycles. The van der Waals surface area contributed by atoms with E-state index in [9.17, 15) is 0 Å². The molecule has 0 saturated heterocycles. The van der Waals surface area contributed by atoms with Crippen LogP contribution < -0.4 is 5.73 Å². The van der Waals surface area contributed by atoms with Crippen molar-refractivity contribution < 1.29 is 0 Å². The van der Waals surface area contributed by atoms with E-state index in [4.69, 9.17) is 28.9 Å². The van der Waals surface area contributed by atoms with Crippen LogP contribution in [0.25, 0.3) is 0 Å². The third-order valence-corrected chi connectivity index (χ3v) is 4.63. The lowest BCUT2D eigenvalue weighted by atomic mass is 10.1. The molecule has 4 heteroatoms. The standard InChI is InChI=1S/C15H15Cl2NS/c16-14-7-6-11(9-15(14)17)8-12(18)10-19-13-4-2-1-3-5-13/h1-7,9,12H,8,10,18H2. The van der Waals surface area contributed by atoms with Crippen molar-refractivity contribution >= 4 is 35.0 Å². The highest BCUT2D eigenvalue weighted by atomic mass is 35.5. The van der Waals surface area contributed by atoms with Gasteiger partial charge in [0.05, 0.1) is 10.0 Å². The van der Waals surface area contributed by atoms with Crippen molar-refractivity contribution in [3.63, 3.8) is 0 Å². The minimum Gasteiger partial charge on any atom is -0.327 e. The molecule has 0 saturated carbocycles. The van der Waals surface area contributed by atoms with Crippen LogP contribution in [0.3, 0.4) is 0 Å². The zero-order valence-corrected chi connectivity index (χ0v) is 12.7. The Balaban J connectivity index is 1.87. The van der Waals surface area contributed by atoms with Crippen molar-refractivity contribution in [1.82, 2.24) is 0 Å². The zero-order valence-electron chi connectivity index (χ0n) is 10.4. The van der Waals surface area contributed by atoms with Gasteiger partial charge in [-0.2, -0.15) is 0 Å². The summed E-state index contributed by atoms with van der Waals surface area (Å²) in [6, 6.07) is 16.0. The second kappa shape index (κ2) is 7.20. The topological polar surface area (TPSA) is 26.0 Å². The van der Waals surface area contributed by atoms with Crippen molar-refractivity contribution in [2.24, 2.45) is 5.73 Å². The number of thioether (sulfide) groups is 1. The van der Waals surface area contributed by atoms with Crippen molar-refractivity contribution in [3.05, 3.63) is 64.1 Å². The monoisotopic (exact) mass is 311 g/mol. The normalized spacial score (nSPS) is 12.4. The summed E-state index contributed by atoms with van der Waals surface area (Å²) in [5.74, 6) is 0.879. The van der Waals surface area contributed by atoms with Gasteiger partial charge in [-0.05, 0) is 36.2 Å². The number of benzene rings is 2. The van der Waals surface area contributed by atoms with Crippen LogP contribution >= 0.6 is 35.0 Å². The Kier molecular flexibility index (Phi) is 5.59. The fourth-order valence-corrected chi connectivity index (χ4v) is 2.94. The molecule has 0 aliphatic heterocycles. The predicted octanol–water partition coefficient (Wildman–Crippen LogP) is 4.66. The van der Waals surface area contributed by atoms with Crippen molar-refractivity contribution in [1.29, 1.82) is 0 Å². The van der Waals surface area contributed by atoms with Crippen LogP contribution in [0.1, 0.15) is 5.56 Å². The van der Waals surface area contributed by atoms with Gasteiger partial charge in [-0.1, -0.05) is 47.5 Å². The van der Waals surface area contributed by atoms with Crippen LogP contribution in [0.4, 0.5) is 0 Å². The Morgan fingerprint density at radius 1 is 1.00 bits per heavy atom. The van der Waals surface area contributed by atoms with Gasteiger partial charge >= 0.3 is 0 Å². The quantitative estimate of drug-likeness (QED) is 0.813. The van der Waals surface area contributed by atoms with Gasteiger partial charge in [0.15, 0.2) is 0 Å². The summed E-state index contributed by atoms with van der Waals surface area (Å²) in [6.45, 7) is 0. The Morgan fingerprint density at radius 2 is 1.74 bits per heavy atom. The summed E-state index contributed by atoms with van der Waals surface area (Å²) in [4.78, 5) is 1.24. The van der Waals surface area contributed by atoms with Crippen molar-refractivity contribution in [3.8, 4) is 0 Å². The third kappa shape index (κ3) is 4.73. The number of hydrogen-bond donors (Lipinski definition) is 1. The van der Waals surface area contributed by atoms with Crippen molar-refractivity contribution in [2.75, 3.05) is 5.75 Å². The molecule has 0 heterocycles. The molecular formula is C15H15Cl2NS. The highest BCUT2D eigenvalue weighted by Crippen LogP contribution is 2.24. The first kappa shape index (κ1) is 14.7. The van der Waals surface area contributed by atoms with Crippen LogP contribution in [-0.4, -0.2) is 11.8 Å². The number of hydrogen-bond acceptors (Lipinski definition) is 2. The van der Waals surface area contributed by atoms with E-state index in [1.807, 2.05) is 36.4 Å². The van der Waals surface area contributed by atoms with Gasteiger partial charge in [0.2, 0.25) is 0 Å². The minimum absolute atomic E-state index is 0.0995. The van der Waals surface area contributed by atoms with Gasteiger partial charge in [0, 0.05) is 16.7 Å².